The number of amides is 1. The van der Waals surface area contributed by atoms with Gasteiger partial charge in [-0.15, -0.1) is 0 Å². The Bertz CT molecular complexity index is 352. The number of ether oxygens (including phenoxy) is 2. The fourth-order valence-electron chi connectivity index (χ4n) is 2.05. The van der Waals surface area contributed by atoms with Crippen LogP contribution in [0.1, 0.15) is 19.3 Å². The maximum absolute atomic E-state index is 12.1. The summed E-state index contributed by atoms with van der Waals surface area (Å²) in [6, 6.07) is -0.748. The van der Waals surface area contributed by atoms with Gasteiger partial charge in [-0.3, -0.25) is 4.79 Å². The van der Waals surface area contributed by atoms with Gasteiger partial charge in [0.1, 0.15) is 25.5 Å². The molecule has 0 aliphatic carbocycles. The molecule has 1 fully saturated rings. The summed E-state index contributed by atoms with van der Waals surface area (Å²) in [7, 11) is 0. The fraction of sp³-hybridized carbons (Fsp3) is 0.636. The topological polar surface area (TPSA) is 76.1 Å². The molecule has 2 aliphatic heterocycles. The first-order valence-electron chi connectivity index (χ1n) is 5.68. The predicted octanol–water partition coefficient (Wildman–Crippen LogP) is 0.340. The van der Waals surface area contributed by atoms with Crippen molar-refractivity contribution in [2.45, 2.75) is 25.3 Å². The van der Waals surface area contributed by atoms with Gasteiger partial charge in [-0.05, 0) is 19.3 Å². The second-order valence-corrected chi connectivity index (χ2v) is 4.05. The quantitative estimate of drug-likeness (QED) is 0.754. The van der Waals surface area contributed by atoms with Gasteiger partial charge in [0.25, 0.3) is 5.91 Å². The number of carbonyl (C=O) groups excluding carboxylic acids is 1. The van der Waals surface area contributed by atoms with Crippen molar-refractivity contribution in [1.82, 2.24) is 4.90 Å². The van der Waals surface area contributed by atoms with E-state index in [-0.39, 0.29) is 5.76 Å². The van der Waals surface area contributed by atoms with Crippen LogP contribution in [0.5, 0.6) is 0 Å². The van der Waals surface area contributed by atoms with E-state index < -0.39 is 17.9 Å². The molecule has 1 N–H and O–H groups in total. The zero-order valence-corrected chi connectivity index (χ0v) is 9.42. The Hall–Kier alpha value is -1.72. The summed E-state index contributed by atoms with van der Waals surface area (Å²) in [6.45, 7) is 1.19. The lowest BCUT2D eigenvalue weighted by molar-refractivity contribution is -0.152. The number of hydrogen-bond donors (Lipinski definition) is 1. The number of rotatable bonds is 2. The average Bonchev–Trinajstić information content (AvgIpc) is 2.39. The van der Waals surface area contributed by atoms with Crippen molar-refractivity contribution < 1.29 is 24.2 Å². The Labute approximate surface area is 98.8 Å². The molecule has 6 nitrogen and oxygen atoms in total. The molecule has 0 aromatic heterocycles. The van der Waals surface area contributed by atoms with Gasteiger partial charge in [-0.1, -0.05) is 0 Å². The Morgan fingerprint density at radius 1 is 1.35 bits per heavy atom. The van der Waals surface area contributed by atoms with E-state index in [1.807, 2.05) is 0 Å². The summed E-state index contributed by atoms with van der Waals surface area (Å²) in [5.74, 6) is -1.25. The largest absolute Gasteiger partial charge is 0.494 e. The highest BCUT2D eigenvalue weighted by Gasteiger charge is 2.34. The molecule has 0 spiro atoms. The third-order valence-electron chi connectivity index (χ3n) is 2.91. The van der Waals surface area contributed by atoms with E-state index in [0.717, 1.165) is 12.8 Å². The summed E-state index contributed by atoms with van der Waals surface area (Å²) in [5, 5.41) is 9.07. The molecule has 1 unspecified atom stereocenters. The molecule has 0 radical (unpaired) electrons. The Morgan fingerprint density at radius 2 is 2.18 bits per heavy atom. The molecular formula is C11H15NO5. The lowest BCUT2D eigenvalue weighted by atomic mass is 10.0. The fourth-order valence-corrected chi connectivity index (χ4v) is 2.05. The summed E-state index contributed by atoms with van der Waals surface area (Å²) in [4.78, 5) is 24.5. The first-order chi connectivity index (χ1) is 8.20. The minimum atomic E-state index is -0.963. The number of carboxylic acids is 1. The van der Waals surface area contributed by atoms with Gasteiger partial charge in [-0.25, -0.2) is 4.79 Å². The van der Waals surface area contributed by atoms with Crippen molar-refractivity contribution in [1.29, 1.82) is 0 Å². The number of aliphatic carboxylic acids is 1. The number of nitrogens with zero attached hydrogens (tertiary/aromatic N) is 1. The summed E-state index contributed by atoms with van der Waals surface area (Å²) < 4.78 is 10.2. The smallest absolute Gasteiger partial charge is 0.326 e. The van der Waals surface area contributed by atoms with Crippen molar-refractivity contribution in [3.8, 4) is 0 Å². The van der Waals surface area contributed by atoms with Gasteiger partial charge >= 0.3 is 5.97 Å². The second kappa shape index (κ2) is 5.07. The highest BCUT2D eigenvalue weighted by molar-refractivity contribution is 5.94. The lowest BCUT2D eigenvalue weighted by Gasteiger charge is -2.33. The first-order valence-corrected chi connectivity index (χ1v) is 5.68. The van der Waals surface area contributed by atoms with Gasteiger partial charge in [-0.2, -0.15) is 0 Å². The van der Waals surface area contributed by atoms with Crippen LogP contribution >= 0.6 is 0 Å². The van der Waals surface area contributed by atoms with Crippen molar-refractivity contribution >= 4 is 11.9 Å². The summed E-state index contributed by atoms with van der Waals surface area (Å²) in [5.41, 5.74) is 0. The monoisotopic (exact) mass is 241 g/mol. The van der Waals surface area contributed by atoms with E-state index in [4.69, 9.17) is 14.6 Å². The molecule has 94 valence electrons. The average molecular weight is 241 g/mol. The van der Waals surface area contributed by atoms with Crippen LogP contribution in [0.4, 0.5) is 0 Å². The van der Waals surface area contributed by atoms with Crippen molar-refractivity contribution in [2.75, 3.05) is 19.8 Å². The van der Waals surface area contributed by atoms with Crippen molar-refractivity contribution in [3.05, 3.63) is 12.0 Å². The molecule has 0 aromatic carbocycles. The highest BCUT2D eigenvalue weighted by atomic mass is 16.6. The van der Waals surface area contributed by atoms with Crippen LogP contribution < -0.4 is 0 Å². The van der Waals surface area contributed by atoms with Crippen LogP contribution in [0.15, 0.2) is 12.0 Å². The van der Waals surface area contributed by atoms with E-state index in [1.165, 1.54) is 11.2 Å². The standard InChI is InChI=1S/C11H15NO5/c13-10(9-7-16-5-6-17-9)12-4-2-1-3-8(12)11(14)15/h7-8H,1-6H2,(H,14,15). The molecule has 0 aromatic rings. The van der Waals surface area contributed by atoms with Crippen LogP contribution in [0.2, 0.25) is 0 Å². The van der Waals surface area contributed by atoms with Gasteiger partial charge in [0, 0.05) is 6.54 Å². The minimum Gasteiger partial charge on any atom is -0.494 e. The van der Waals surface area contributed by atoms with Crippen LogP contribution in [0.25, 0.3) is 0 Å². The number of carbonyl (C=O) groups is 2. The van der Waals surface area contributed by atoms with Crippen molar-refractivity contribution in [2.24, 2.45) is 0 Å². The molecule has 2 aliphatic rings. The Balaban J connectivity index is 2.10. The van der Waals surface area contributed by atoms with E-state index in [2.05, 4.69) is 0 Å². The summed E-state index contributed by atoms with van der Waals surface area (Å²) >= 11 is 0. The molecule has 1 atom stereocenters. The molecule has 17 heavy (non-hydrogen) atoms. The number of likely N-dealkylation sites (tertiary alicyclic amines) is 1. The van der Waals surface area contributed by atoms with Crippen LogP contribution in [-0.2, 0) is 19.1 Å². The zero-order chi connectivity index (χ0) is 12.3. The first kappa shape index (κ1) is 11.8. The van der Waals surface area contributed by atoms with Crippen LogP contribution in [0, 0.1) is 0 Å². The third kappa shape index (κ3) is 2.51. The zero-order valence-electron chi connectivity index (χ0n) is 9.42. The van der Waals surface area contributed by atoms with E-state index in [9.17, 15) is 9.59 Å². The van der Waals surface area contributed by atoms with Crippen molar-refractivity contribution in [3.63, 3.8) is 0 Å². The minimum absolute atomic E-state index is 0.101. The lowest BCUT2D eigenvalue weighted by Crippen LogP contribution is -2.49. The van der Waals surface area contributed by atoms with Gasteiger partial charge < -0.3 is 19.5 Å². The van der Waals surface area contributed by atoms with Gasteiger partial charge in [0.2, 0.25) is 5.76 Å². The molecule has 2 heterocycles. The predicted molar refractivity (Wildman–Crippen MR) is 57.0 cm³/mol. The maximum Gasteiger partial charge on any atom is 0.326 e. The Kier molecular flexibility index (Phi) is 3.51. The van der Waals surface area contributed by atoms with Crippen LogP contribution in [-0.4, -0.2) is 47.7 Å². The SMILES string of the molecule is O=C(O)C1CCCCN1C(=O)C1=COCCO1. The maximum atomic E-state index is 12.1. The number of piperidine rings is 1. The molecule has 1 amide bonds. The Morgan fingerprint density at radius 3 is 2.82 bits per heavy atom. The van der Waals surface area contributed by atoms with Gasteiger partial charge in [0.15, 0.2) is 0 Å². The molecule has 6 heteroatoms. The molecule has 0 bridgehead atoms. The normalized spacial score (nSPS) is 24.4. The van der Waals surface area contributed by atoms with E-state index in [0.29, 0.717) is 26.2 Å². The molecule has 0 saturated carbocycles. The molecule has 2 rings (SSSR count). The van der Waals surface area contributed by atoms with E-state index in [1.54, 1.807) is 0 Å². The summed E-state index contributed by atoms with van der Waals surface area (Å²) in [6.07, 6.45) is 3.41. The molecule has 1 saturated heterocycles. The number of hydrogen-bond acceptors (Lipinski definition) is 4. The van der Waals surface area contributed by atoms with Gasteiger partial charge in [0.05, 0.1) is 0 Å². The second-order valence-electron chi connectivity index (χ2n) is 4.05. The number of carboxylic acid groups (broad SMARTS) is 1. The highest BCUT2D eigenvalue weighted by Crippen LogP contribution is 2.20. The van der Waals surface area contributed by atoms with Crippen LogP contribution in [0.3, 0.4) is 0 Å². The third-order valence-corrected chi connectivity index (χ3v) is 2.91. The van der Waals surface area contributed by atoms with E-state index >= 15 is 0 Å². The molecular weight excluding hydrogens is 226 g/mol.